The molecule has 3 rings (SSSR count). The molecule has 0 aromatic heterocycles. The van der Waals surface area contributed by atoms with Crippen molar-refractivity contribution >= 4 is 33.2 Å². The van der Waals surface area contributed by atoms with Gasteiger partial charge in [-0.05, 0) is 56.4 Å². The van der Waals surface area contributed by atoms with E-state index < -0.39 is 10.0 Å². The molecule has 2 aromatic rings. The monoisotopic (exact) mass is 500 g/mol. The topological polar surface area (TPSA) is 122 Å². The zero-order chi connectivity index (χ0) is 25.6. The summed E-state index contributed by atoms with van der Waals surface area (Å²) < 4.78 is 29.5. The minimum atomic E-state index is -3.85. The van der Waals surface area contributed by atoms with Crippen LogP contribution >= 0.6 is 0 Å². The van der Waals surface area contributed by atoms with Crippen molar-refractivity contribution in [2.75, 3.05) is 23.3 Å². The molecule has 2 aromatic carbocycles. The molecule has 190 valence electrons. The van der Waals surface area contributed by atoms with Crippen molar-refractivity contribution in [3.63, 3.8) is 0 Å². The highest BCUT2D eigenvalue weighted by Crippen LogP contribution is 2.32. The normalized spacial score (nSPS) is 16.5. The highest BCUT2D eigenvalue weighted by Gasteiger charge is 2.29. The molecule has 0 radical (unpaired) electrons. The number of nitrogens with one attached hydrogen (secondary N) is 2. The van der Waals surface area contributed by atoms with Crippen LogP contribution in [0, 0.1) is 5.92 Å². The van der Waals surface area contributed by atoms with E-state index in [9.17, 15) is 18.0 Å². The highest BCUT2D eigenvalue weighted by molar-refractivity contribution is 7.89. The summed E-state index contributed by atoms with van der Waals surface area (Å²) in [5, 5.41) is 2.91. The fraction of sp³-hybridized carbons (Fsp3) is 0.462. The molecule has 0 saturated carbocycles. The molecule has 35 heavy (non-hydrogen) atoms. The molecule has 9 heteroatoms. The van der Waals surface area contributed by atoms with Gasteiger partial charge < -0.3 is 16.0 Å². The van der Waals surface area contributed by atoms with Gasteiger partial charge >= 0.3 is 0 Å². The van der Waals surface area contributed by atoms with E-state index in [2.05, 4.69) is 10.0 Å². The molecule has 2 amide bonds. The average molecular weight is 501 g/mol. The number of primary amides is 1. The van der Waals surface area contributed by atoms with Crippen LogP contribution in [0.15, 0.2) is 53.4 Å². The third kappa shape index (κ3) is 6.61. The number of anilines is 2. The van der Waals surface area contributed by atoms with E-state index in [4.69, 9.17) is 5.73 Å². The predicted molar refractivity (Wildman–Crippen MR) is 139 cm³/mol. The summed E-state index contributed by atoms with van der Waals surface area (Å²) in [6.07, 6.45) is 2.40. The Labute approximate surface area is 208 Å². The van der Waals surface area contributed by atoms with Gasteiger partial charge in [0.05, 0.1) is 11.6 Å². The van der Waals surface area contributed by atoms with E-state index >= 15 is 0 Å². The van der Waals surface area contributed by atoms with Crippen molar-refractivity contribution in [3.8, 4) is 0 Å². The number of sulfonamides is 1. The molecular formula is C26H36N4O4S. The van der Waals surface area contributed by atoms with E-state index in [0.29, 0.717) is 50.1 Å². The van der Waals surface area contributed by atoms with Gasteiger partial charge in [-0.15, -0.1) is 0 Å². The molecule has 1 aliphatic heterocycles. The van der Waals surface area contributed by atoms with Crippen molar-refractivity contribution in [2.24, 2.45) is 11.7 Å². The molecule has 0 aliphatic carbocycles. The number of nitrogens with two attached hydrogens (primary N) is 1. The number of hydrogen-bond acceptors (Lipinski definition) is 5. The lowest BCUT2D eigenvalue weighted by molar-refractivity contribution is -0.122. The third-order valence-corrected chi connectivity index (χ3v) is 8.27. The van der Waals surface area contributed by atoms with Crippen LogP contribution in [-0.2, 0) is 19.6 Å². The van der Waals surface area contributed by atoms with Crippen molar-refractivity contribution in [2.45, 2.75) is 63.3 Å². The molecule has 0 spiro atoms. The Morgan fingerprint density at radius 1 is 1.06 bits per heavy atom. The summed E-state index contributed by atoms with van der Waals surface area (Å²) in [7, 11) is -3.85. The minimum absolute atomic E-state index is 0.112. The number of carbonyl (C=O) groups is 2. The van der Waals surface area contributed by atoms with Crippen molar-refractivity contribution in [3.05, 3.63) is 54.1 Å². The van der Waals surface area contributed by atoms with Crippen LogP contribution in [0.25, 0.3) is 0 Å². The van der Waals surface area contributed by atoms with E-state index in [1.54, 1.807) is 12.1 Å². The maximum Gasteiger partial charge on any atom is 0.242 e. The quantitative estimate of drug-likeness (QED) is 0.460. The van der Waals surface area contributed by atoms with Gasteiger partial charge in [0.1, 0.15) is 4.90 Å². The fourth-order valence-electron chi connectivity index (χ4n) is 4.37. The Bertz CT molecular complexity index is 1130. The SMILES string of the molecule is CC[C@H](C(=O)Nc1ccc(N2CCC(C(N)=O)CC2)c(S(=O)(=O)N[C@@H](C)CC)c1)c1ccccc1. The first-order valence-electron chi connectivity index (χ1n) is 12.2. The van der Waals surface area contributed by atoms with E-state index in [-0.39, 0.29) is 34.6 Å². The molecule has 1 fully saturated rings. The van der Waals surface area contributed by atoms with Crippen molar-refractivity contribution in [1.82, 2.24) is 4.72 Å². The molecular weight excluding hydrogens is 464 g/mol. The molecule has 0 bridgehead atoms. The number of rotatable bonds is 10. The van der Waals surface area contributed by atoms with Gasteiger partial charge in [0, 0.05) is 30.7 Å². The Kier molecular flexibility index (Phi) is 8.91. The molecule has 8 nitrogen and oxygen atoms in total. The standard InChI is InChI=1S/C26H36N4O4S/c1-4-18(3)29-35(33,34)24-17-21(28-26(32)22(5-2)19-9-7-6-8-10-19)11-12-23(24)30-15-13-20(14-16-30)25(27)31/h6-12,17-18,20,22,29H,4-5,13-16H2,1-3H3,(H2,27,31)(H,28,32)/t18-,22-/m0/s1. The Balaban J connectivity index is 1.92. The summed E-state index contributed by atoms with van der Waals surface area (Å²) in [5.41, 5.74) is 7.34. The summed E-state index contributed by atoms with van der Waals surface area (Å²) in [6, 6.07) is 14.3. The lowest BCUT2D eigenvalue weighted by Crippen LogP contribution is -2.40. The Morgan fingerprint density at radius 3 is 2.29 bits per heavy atom. The molecule has 1 saturated heterocycles. The number of benzene rings is 2. The van der Waals surface area contributed by atoms with Gasteiger partial charge in [-0.25, -0.2) is 13.1 Å². The first kappa shape index (κ1) is 26.7. The molecule has 0 unspecified atom stereocenters. The van der Waals surface area contributed by atoms with Crippen LogP contribution < -0.4 is 20.7 Å². The number of piperidine rings is 1. The molecule has 1 aliphatic rings. The Morgan fingerprint density at radius 2 is 1.71 bits per heavy atom. The second kappa shape index (κ2) is 11.7. The lowest BCUT2D eigenvalue weighted by Gasteiger charge is -2.33. The van der Waals surface area contributed by atoms with Gasteiger partial charge in [0.25, 0.3) is 0 Å². The Hall–Kier alpha value is -2.91. The van der Waals surface area contributed by atoms with Crippen LogP contribution in [0.3, 0.4) is 0 Å². The van der Waals surface area contributed by atoms with Gasteiger partial charge in [-0.1, -0.05) is 44.2 Å². The summed E-state index contributed by atoms with van der Waals surface area (Å²) in [6.45, 7) is 6.72. The maximum atomic E-state index is 13.4. The highest BCUT2D eigenvalue weighted by atomic mass is 32.2. The van der Waals surface area contributed by atoms with E-state index in [1.807, 2.05) is 56.0 Å². The van der Waals surface area contributed by atoms with Crippen LogP contribution in [-0.4, -0.2) is 39.4 Å². The lowest BCUT2D eigenvalue weighted by atomic mass is 9.95. The smallest absolute Gasteiger partial charge is 0.242 e. The van der Waals surface area contributed by atoms with Gasteiger partial charge in [-0.3, -0.25) is 9.59 Å². The summed E-state index contributed by atoms with van der Waals surface area (Å²) in [4.78, 5) is 26.7. The summed E-state index contributed by atoms with van der Waals surface area (Å²) >= 11 is 0. The van der Waals surface area contributed by atoms with Crippen LogP contribution in [0.4, 0.5) is 11.4 Å². The van der Waals surface area contributed by atoms with Gasteiger partial charge in [0.15, 0.2) is 0 Å². The fourth-order valence-corrected chi connectivity index (χ4v) is 5.95. The summed E-state index contributed by atoms with van der Waals surface area (Å²) in [5.74, 6) is -1.06. The minimum Gasteiger partial charge on any atom is -0.370 e. The zero-order valence-electron chi connectivity index (χ0n) is 20.7. The van der Waals surface area contributed by atoms with Crippen LogP contribution in [0.2, 0.25) is 0 Å². The van der Waals surface area contributed by atoms with E-state index in [1.165, 1.54) is 6.07 Å². The first-order chi connectivity index (χ1) is 16.7. The van der Waals surface area contributed by atoms with E-state index in [0.717, 1.165) is 5.56 Å². The molecule has 1 heterocycles. The largest absolute Gasteiger partial charge is 0.370 e. The number of hydrogen-bond donors (Lipinski definition) is 3. The number of amides is 2. The number of carbonyl (C=O) groups excluding carboxylic acids is 2. The predicted octanol–water partition coefficient (Wildman–Crippen LogP) is 3.60. The van der Waals surface area contributed by atoms with Gasteiger partial charge in [-0.2, -0.15) is 0 Å². The second-order valence-corrected chi connectivity index (χ2v) is 10.8. The first-order valence-corrected chi connectivity index (χ1v) is 13.7. The van der Waals surface area contributed by atoms with Crippen molar-refractivity contribution < 1.29 is 18.0 Å². The average Bonchev–Trinajstić information content (AvgIpc) is 2.85. The number of nitrogens with zero attached hydrogens (tertiary/aromatic N) is 1. The van der Waals surface area contributed by atoms with Crippen LogP contribution in [0.1, 0.15) is 57.9 Å². The second-order valence-electron chi connectivity index (χ2n) is 9.14. The zero-order valence-corrected chi connectivity index (χ0v) is 21.5. The molecule has 4 N–H and O–H groups in total. The van der Waals surface area contributed by atoms with Crippen molar-refractivity contribution in [1.29, 1.82) is 0 Å². The van der Waals surface area contributed by atoms with Gasteiger partial charge in [0.2, 0.25) is 21.8 Å². The maximum absolute atomic E-state index is 13.4. The third-order valence-electron chi connectivity index (χ3n) is 6.65. The molecule has 2 atom stereocenters. The van der Waals surface area contributed by atoms with Crippen LogP contribution in [0.5, 0.6) is 0 Å².